The third-order valence-electron chi connectivity index (χ3n) is 3.46. The molecule has 0 radical (unpaired) electrons. The van der Waals surface area contributed by atoms with Gasteiger partial charge in [0.2, 0.25) is 0 Å². The first-order valence-corrected chi connectivity index (χ1v) is 7.53. The zero-order valence-corrected chi connectivity index (χ0v) is 11.9. The number of nitrogens with zero attached hydrogens (tertiary/aromatic N) is 2. The standard InChI is InChI=1S/C15H18N2OS/c1-18-15-6-2-12(3-7-15)8-17(14-4-5-14)9-13-10-19-11-16-13/h2-3,6-7,10-11,14H,4-5,8-9H2,1H3. The molecule has 0 aliphatic heterocycles. The lowest BCUT2D eigenvalue weighted by Crippen LogP contribution is -2.25. The molecule has 1 heterocycles. The van der Waals surface area contributed by atoms with Gasteiger partial charge in [0.05, 0.1) is 18.3 Å². The van der Waals surface area contributed by atoms with Crippen molar-refractivity contribution in [2.45, 2.75) is 32.0 Å². The number of rotatable bonds is 6. The maximum Gasteiger partial charge on any atom is 0.118 e. The van der Waals surface area contributed by atoms with Gasteiger partial charge in [0.25, 0.3) is 0 Å². The van der Waals surface area contributed by atoms with Crippen LogP contribution in [-0.4, -0.2) is 23.0 Å². The van der Waals surface area contributed by atoms with Gasteiger partial charge in [-0.3, -0.25) is 4.90 Å². The highest BCUT2D eigenvalue weighted by Gasteiger charge is 2.29. The van der Waals surface area contributed by atoms with E-state index in [0.29, 0.717) is 0 Å². The Kier molecular flexibility index (Phi) is 3.80. The van der Waals surface area contributed by atoms with Crippen molar-refractivity contribution in [1.82, 2.24) is 9.88 Å². The number of thiazole rings is 1. The average molecular weight is 274 g/mol. The molecule has 3 nitrogen and oxygen atoms in total. The summed E-state index contributed by atoms with van der Waals surface area (Å²) in [6.45, 7) is 1.95. The molecule has 4 heteroatoms. The molecule has 0 spiro atoms. The van der Waals surface area contributed by atoms with Crippen LogP contribution >= 0.6 is 11.3 Å². The first-order valence-electron chi connectivity index (χ1n) is 6.59. The normalized spacial score (nSPS) is 14.8. The number of benzene rings is 1. The van der Waals surface area contributed by atoms with Crippen LogP contribution in [0.5, 0.6) is 5.75 Å². The first-order chi connectivity index (χ1) is 9.35. The summed E-state index contributed by atoms with van der Waals surface area (Å²) >= 11 is 1.67. The van der Waals surface area contributed by atoms with E-state index in [1.54, 1.807) is 18.4 Å². The maximum absolute atomic E-state index is 5.20. The molecule has 0 amide bonds. The molecule has 1 aromatic heterocycles. The van der Waals surface area contributed by atoms with Crippen molar-refractivity contribution in [3.05, 3.63) is 46.4 Å². The summed E-state index contributed by atoms with van der Waals surface area (Å²) in [6, 6.07) is 9.10. The topological polar surface area (TPSA) is 25.4 Å². The second kappa shape index (κ2) is 5.72. The molecule has 3 rings (SSSR count). The predicted octanol–water partition coefficient (Wildman–Crippen LogP) is 3.32. The van der Waals surface area contributed by atoms with Gasteiger partial charge >= 0.3 is 0 Å². The van der Waals surface area contributed by atoms with E-state index in [0.717, 1.165) is 24.9 Å². The highest BCUT2D eigenvalue weighted by atomic mass is 32.1. The number of hydrogen-bond acceptors (Lipinski definition) is 4. The SMILES string of the molecule is COc1ccc(CN(Cc2cscn2)C2CC2)cc1. The van der Waals surface area contributed by atoms with Crippen LogP contribution in [0.1, 0.15) is 24.1 Å². The number of hydrogen-bond donors (Lipinski definition) is 0. The van der Waals surface area contributed by atoms with Crippen molar-refractivity contribution < 1.29 is 4.74 Å². The smallest absolute Gasteiger partial charge is 0.118 e. The van der Waals surface area contributed by atoms with Crippen molar-refractivity contribution >= 4 is 11.3 Å². The molecule has 0 N–H and O–H groups in total. The molecule has 100 valence electrons. The van der Waals surface area contributed by atoms with E-state index >= 15 is 0 Å². The maximum atomic E-state index is 5.20. The summed E-state index contributed by atoms with van der Waals surface area (Å²) in [7, 11) is 1.70. The average Bonchev–Trinajstić information content (AvgIpc) is 3.17. The summed E-state index contributed by atoms with van der Waals surface area (Å²) in [5.41, 5.74) is 4.43. The van der Waals surface area contributed by atoms with Crippen LogP contribution in [0, 0.1) is 0 Å². The third-order valence-corrected chi connectivity index (χ3v) is 4.09. The van der Waals surface area contributed by atoms with E-state index in [2.05, 4.69) is 27.4 Å². The Morgan fingerprint density at radius 2 is 2.05 bits per heavy atom. The van der Waals surface area contributed by atoms with Gasteiger partial charge in [-0.2, -0.15) is 0 Å². The molecule has 1 fully saturated rings. The number of ether oxygens (including phenoxy) is 1. The molecular weight excluding hydrogens is 256 g/mol. The molecule has 19 heavy (non-hydrogen) atoms. The van der Waals surface area contributed by atoms with Gasteiger partial charge in [0.1, 0.15) is 5.75 Å². The fraction of sp³-hybridized carbons (Fsp3) is 0.400. The van der Waals surface area contributed by atoms with Crippen LogP contribution in [0.2, 0.25) is 0 Å². The minimum absolute atomic E-state index is 0.740. The Labute approximate surface area is 117 Å². The minimum Gasteiger partial charge on any atom is -0.497 e. The molecule has 1 aromatic carbocycles. The Morgan fingerprint density at radius 1 is 1.26 bits per heavy atom. The van der Waals surface area contributed by atoms with Crippen molar-refractivity contribution in [2.75, 3.05) is 7.11 Å². The summed E-state index contributed by atoms with van der Waals surface area (Å²) in [5.74, 6) is 0.918. The van der Waals surface area contributed by atoms with Crippen LogP contribution in [0.25, 0.3) is 0 Å². The van der Waals surface area contributed by atoms with Crippen molar-refractivity contribution in [2.24, 2.45) is 0 Å². The van der Waals surface area contributed by atoms with E-state index in [4.69, 9.17) is 4.74 Å². The van der Waals surface area contributed by atoms with Crippen LogP contribution in [0.3, 0.4) is 0 Å². The number of methoxy groups -OCH3 is 1. The highest BCUT2D eigenvalue weighted by Crippen LogP contribution is 2.30. The quantitative estimate of drug-likeness (QED) is 0.808. The highest BCUT2D eigenvalue weighted by molar-refractivity contribution is 7.07. The second-order valence-corrected chi connectivity index (χ2v) is 5.68. The lowest BCUT2D eigenvalue weighted by molar-refractivity contribution is 0.243. The minimum atomic E-state index is 0.740. The van der Waals surface area contributed by atoms with Crippen molar-refractivity contribution in [1.29, 1.82) is 0 Å². The fourth-order valence-corrected chi connectivity index (χ4v) is 2.79. The fourth-order valence-electron chi connectivity index (χ4n) is 2.24. The Hall–Kier alpha value is -1.39. The van der Waals surface area contributed by atoms with Crippen molar-refractivity contribution in [3.63, 3.8) is 0 Å². The van der Waals surface area contributed by atoms with Crippen LogP contribution in [0.4, 0.5) is 0 Å². The molecular formula is C15H18N2OS. The molecule has 0 bridgehead atoms. The summed E-state index contributed by atoms with van der Waals surface area (Å²) in [4.78, 5) is 6.92. The summed E-state index contributed by atoms with van der Waals surface area (Å²) < 4.78 is 5.20. The van der Waals surface area contributed by atoms with Gasteiger partial charge in [0.15, 0.2) is 0 Å². The van der Waals surface area contributed by atoms with E-state index < -0.39 is 0 Å². The van der Waals surface area contributed by atoms with Crippen LogP contribution in [-0.2, 0) is 13.1 Å². The molecule has 2 aromatic rings. The van der Waals surface area contributed by atoms with E-state index in [9.17, 15) is 0 Å². The van der Waals surface area contributed by atoms with Gasteiger partial charge in [-0.05, 0) is 30.5 Å². The summed E-state index contributed by atoms with van der Waals surface area (Å²) in [5, 5.41) is 2.14. The zero-order valence-electron chi connectivity index (χ0n) is 11.1. The second-order valence-electron chi connectivity index (χ2n) is 4.96. The van der Waals surface area contributed by atoms with Gasteiger partial charge < -0.3 is 4.74 Å². The molecule has 1 saturated carbocycles. The zero-order chi connectivity index (χ0) is 13.1. The largest absolute Gasteiger partial charge is 0.497 e. The third kappa shape index (κ3) is 3.33. The van der Waals surface area contributed by atoms with Gasteiger partial charge in [-0.1, -0.05) is 12.1 Å². The van der Waals surface area contributed by atoms with Gasteiger partial charge in [-0.25, -0.2) is 4.98 Å². The molecule has 0 unspecified atom stereocenters. The Bertz CT molecular complexity index is 505. The molecule has 1 aliphatic rings. The molecule has 0 saturated heterocycles. The number of aromatic nitrogens is 1. The molecule has 0 atom stereocenters. The van der Waals surface area contributed by atoms with E-state index in [1.807, 2.05) is 17.6 Å². The molecule has 1 aliphatic carbocycles. The lowest BCUT2D eigenvalue weighted by atomic mass is 10.2. The lowest BCUT2D eigenvalue weighted by Gasteiger charge is -2.21. The van der Waals surface area contributed by atoms with Crippen molar-refractivity contribution in [3.8, 4) is 5.75 Å². The van der Waals surface area contributed by atoms with Gasteiger partial charge in [0, 0.05) is 24.5 Å². The summed E-state index contributed by atoms with van der Waals surface area (Å²) in [6.07, 6.45) is 2.64. The predicted molar refractivity (Wildman–Crippen MR) is 77.4 cm³/mol. The monoisotopic (exact) mass is 274 g/mol. The Balaban J connectivity index is 1.66. The first kappa shape index (κ1) is 12.6. The van der Waals surface area contributed by atoms with Gasteiger partial charge in [-0.15, -0.1) is 11.3 Å². The van der Waals surface area contributed by atoms with Crippen LogP contribution in [0.15, 0.2) is 35.2 Å². The Morgan fingerprint density at radius 3 is 2.63 bits per heavy atom. The van der Waals surface area contributed by atoms with E-state index in [1.165, 1.54) is 24.1 Å². The van der Waals surface area contributed by atoms with E-state index in [-0.39, 0.29) is 0 Å². The van der Waals surface area contributed by atoms with Crippen LogP contribution < -0.4 is 4.74 Å².